The number of carbonyl (C=O) groups is 1. The molecule has 3 N–H and O–H groups in total. The standard InChI is InChI=1S/C16H20N2O2/c1-11(2)16(10-17,15(19)20)9-13-6-3-5-12-7-4-8-18-14(12)13/h3-8,11H,9-10,17H2,1-2H3,(H,19,20). The number of nitrogens with two attached hydrogens (primary N) is 1. The lowest BCUT2D eigenvalue weighted by Gasteiger charge is -2.32. The summed E-state index contributed by atoms with van der Waals surface area (Å²) in [5.74, 6) is -0.896. The van der Waals surface area contributed by atoms with Crippen molar-refractivity contribution < 1.29 is 9.90 Å². The topological polar surface area (TPSA) is 76.2 Å². The quantitative estimate of drug-likeness (QED) is 0.876. The molecule has 1 aromatic carbocycles. The van der Waals surface area contributed by atoms with Gasteiger partial charge in [0, 0.05) is 18.1 Å². The van der Waals surface area contributed by atoms with Gasteiger partial charge in [0.15, 0.2) is 0 Å². The smallest absolute Gasteiger partial charge is 0.311 e. The first kappa shape index (κ1) is 14.5. The summed E-state index contributed by atoms with van der Waals surface area (Å²) in [6.45, 7) is 3.92. The molecule has 0 aliphatic rings. The predicted molar refractivity (Wildman–Crippen MR) is 79.4 cm³/mol. The molecule has 106 valence electrons. The Morgan fingerprint density at radius 1 is 1.35 bits per heavy atom. The van der Waals surface area contributed by atoms with Crippen molar-refractivity contribution in [2.75, 3.05) is 6.54 Å². The van der Waals surface area contributed by atoms with Crippen LogP contribution in [0.3, 0.4) is 0 Å². The Labute approximate surface area is 118 Å². The number of nitrogens with zero attached hydrogens (tertiary/aromatic N) is 1. The van der Waals surface area contributed by atoms with Crippen LogP contribution in [0.4, 0.5) is 0 Å². The number of fused-ring (bicyclic) bond motifs is 1. The Balaban J connectivity index is 2.52. The summed E-state index contributed by atoms with van der Waals surface area (Å²) < 4.78 is 0. The van der Waals surface area contributed by atoms with Crippen LogP contribution in [0.2, 0.25) is 0 Å². The molecule has 0 saturated heterocycles. The molecule has 0 radical (unpaired) electrons. The van der Waals surface area contributed by atoms with Crippen molar-refractivity contribution in [2.24, 2.45) is 17.1 Å². The number of aliphatic carboxylic acids is 1. The molecule has 2 aromatic rings. The average molecular weight is 272 g/mol. The first-order valence-corrected chi connectivity index (χ1v) is 6.77. The van der Waals surface area contributed by atoms with Gasteiger partial charge in [0.05, 0.1) is 10.9 Å². The molecule has 1 heterocycles. The lowest BCUT2D eigenvalue weighted by atomic mass is 9.72. The molecule has 0 amide bonds. The number of carboxylic acid groups (broad SMARTS) is 1. The molecule has 0 aliphatic heterocycles. The molecule has 0 bridgehead atoms. The summed E-state index contributed by atoms with van der Waals surface area (Å²) in [5, 5.41) is 10.6. The first-order chi connectivity index (χ1) is 9.51. The second-order valence-electron chi connectivity index (χ2n) is 5.49. The zero-order valence-corrected chi connectivity index (χ0v) is 11.8. The summed E-state index contributed by atoms with van der Waals surface area (Å²) in [4.78, 5) is 16.1. The number of para-hydroxylation sites is 1. The number of pyridine rings is 1. The minimum absolute atomic E-state index is 0.0519. The number of hydrogen-bond acceptors (Lipinski definition) is 3. The van der Waals surface area contributed by atoms with Crippen LogP contribution >= 0.6 is 0 Å². The monoisotopic (exact) mass is 272 g/mol. The van der Waals surface area contributed by atoms with E-state index in [4.69, 9.17) is 5.73 Å². The molecule has 4 nitrogen and oxygen atoms in total. The van der Waals surface area contributed by atoms with Gasteiger partial charge in [0.1, 0.15) is 0 Å². The highest BCUT2D eigenvalue weighted by atomic mass is 16.4. The van der Waals surface area contributed by atoms with E-state index < -0.39 is 11.4 Å². The van der Waals surface area contributed by atoms with E-state index in [2.05, 4.69) is 4.98 Å². The molecule has 0 saturated carbocycles. The third-order valence-corrected chi connectivity index (χ3v) is 4.12. The lowest BCUT2D eigenvalue weighted by molar-refractivity contribution is -0.151. The van der Waals surface area contributed by atoms with Crippen LogP contribution in [0.25, 0.3) is 10.9 Å². The molecule has 20 heavy (non-hydrogen) atoms. The van der Waals surface area contributed by atoms with Gasteiger partial charge in [-0.2, -0.15) is 0 Å². The highest BCUT2D eigenvalue weighted by Gasteiger charge is 2.40. The summed E-state index contributed by atoms with van der Waals surface area (Å²) in [5.41, 5.74) is 6.64. The highest BCUT2D eigenvalue weighted by Crippen LogP contribution is 2.33. The molecular formula is C16H20N2O2. The zero-order valence-electron chi connectivity index (χ0n) is 11.8. The molecule has 1 aromatic heterocycles. The van der Waals surface area contributed by atoms with E-state index in [1.165, 1.54) is 0 Å². The number of hydrogen-bond donors (Lipinski definition) is 2. The van der Waals surface area contributed by atoms with Crippen LogP contribution in [0.5, 0.6) is 0 Å². The predicted octanol–water partition coefficient (Wildman–Crippen LogP) is 2.46. The van der Waals surface area contributed by atoms with Gasteiger partial charge < -0.3 is 10.8 Å². The van der Waals surface area contributed by atoms with Crippen molar-refractivity contribution in [3.8, 4) is 0 Å². The van der Waals surface area contributed by atoms with Gasteiger partial charge in [0.2, 0.25) is 0 Å². The van der Waals surface area contributed by atoms with Crippen LogP contribution in [-0.4, -0.2) is 22.6 Å². The first-order valence-electron chi connectivity index (χ1n) is 6.77. The van der Waals surface area contributed by atoms with Crippen LogP contribution in [0.1, 0.15) is 19.4 Å². The van der Waals surface area contributed by atoms with E-state index in [0.717, 1.165) is 16.5 Å². The van der Waals surface area contributed by atoms with Gasteiger partial charge in [-0.15, -0.1) is 0 Å². The fourth-order valence-electron chi connectivity index (χ4n) is 2.57. The van der Waals surface area contributed by atoms with Crippen molar-refractivity contribution >= 4 is 16.9 Å². The van der Waals surface area contributed by atoms with E-state index in [-0.39, 0.29) is 12.5 Å². The van der Waals surface area contributed by atoms with Crippen molar-refractivity contribution in [3.05, 3.63) is 42.1 Å². The minimum atomic E-state index is -0.953. The minimum Gasteiger partial charge on any atom is -0.481 e. The number of rotatable bonds is 5. The van der Waals surface area contributed by atoms with Gasteiger partial charge in [-0.25, -0.2) is 0 Å². The van der Waals surface area contributed by atoms with Crippen LogP contribution in [0, 0.1) is 11.3 Å². The Hall–Kier alpha value is -1.94. The summed E-state index contributed by atoms with van der Waals surface area (Å²) in [6.07, 6.45) is 2.12. The van der Waals surface area contributed by atoms with Gasteiger partial charge in [-0.1, -0.05) is 38.1 Å². The maximum atomic E-state index is 11.7. The Morgan fingerprint density at radius 2 is 2.05 bits per heavy atom. The van der Waals surface area contributed by atoms with Crippen molar-refractivity contribution in [3.63, 3.8) is 0 Å². The summed E-state index contributed by atoms with van der Waals surface area (Å²) in [7, 11) is 0. The second kappa shape index (κ2) is 5.59. The number of aromatic nitrogens is 1. The Kier molecular flexibility index (Phi) is 4.04. The normalized spacial score (nSPS) is 14.4. The van der Waals surface area contributed by atoms with E-state index in [1.807, 2.05) is 44.2 Å². The SMILES string of the molecule is CC(C)C(CN)(Cc1cccc2cccnc12)C(=O)O. The lowest BCUT2D eigenvalue weighted by Crippen LogP contribution is -2.45. The zero-order chi connectivity index (χ0) is 14.8. The molecule has 0 spiro atoms. The fourth-order valence-corrected chi connectivity index (χ4v) is 2.57. The van der Waals surface area contributed by atoms with E-state index in [0.29, 0.717) is 6.42 Å². The Bertz CT molecular complexity index is 619. The van der Waals surface area contributed by atoms with Gasteiger partial charge in [-0.3, -0.25) is 9.78 Å². The second-order valence-corrected chi connectivity index (χ2v) is 5.49. The molecule has 1 atom stereocenters. The van der Waals surface area contributed by atoms with Crippen LogP contribution in [0.15, 0.2) is 36.5 Å². The van der Waals surface area contributed by atoms with E-state index in [9.17, 15) is 9.90 Å². The van der Waals surface area contributed by atoms with Crippen molar-refractivity contribution in [2.45, 2.75) is 20.3 Å². The van der Waals surface area contributed by atoms with Crippen LogP contribution in [-0.2, 0) is 11.2 Å². The molecule has 0 aliphatic carbocycles. The molecule has 0 fully saturated rings. The maximum absolute atomic E-state index is 11.7. The largest absolute Gasteiger partial charge is 0.481 e. The number of benzene rings is 1. The van der Waals surface area contributed by atoms with E-state index in [1.54, 1.807) is 6.20 Å². The van der Waals surface area contributed by atoms with E-state index >= 15 is 0 Å². The molecular weight excluding hydrogens is 252 g/mol. The Morgan fingerprint density at radius 3 is 2.65 bits per heavy atom. The molecule has 2 rings (SSSR count). The van der Waals surface area contributed by atoms with Crippen molar-refractivity contribution in [1.82, 2.24) is 4.98 Å². The highest BCUT2D eigenvalue weighted by molar-refractivity contribution is 5.83. The van der Waals surface area contributed by atoms with Gasteiger partial charge >= 0.3 is 5.97 Å². The van der Waals surface area contributed by atoms with Gasteiger partial charge in [0.25, 0.3) is 0 Å². The maximum Gasteiger partial charge on any atom is 0.311 e. The summed E-state index contributed by atoms with van der Waals surface area (Å²) >= 11 is 0. The summed E-state index contributed by atoms with van der Waals surface area (Å²) in [6, 6.07) is 9.70. The van der Waals surface area contributed by atoms with Gasteiger partial charge in [-0.05, 0) is 24.0 Å². The third kappa shape index (κ3) is 2.39. The average Bonchev–Trinajstić information content (AvgIpc) is 2.44. The van der Waals surface area contributed by atoms with Crippen LogP contribution < -0.4 is 5.73 Å². The fraction of sp³-hybridized carbons (Fsp3) is 0.375. The third-order valence-electron chi connectivity index (χ3n) is 4.12. The molecule has 4 heteroatoms. The molecule has 1 unspecified atom stereocenters. The van der Waals surface area contributed by atoms with Crippen molar-refractivity contribution in [1.29, 1.82) is 0 Å². The number of carboxylic acids is 1.